The molecule has 2 unspecified atom stereocenters. The van der Waals surface area contributed by atoms with E-state index in [2.05, 4.69) is 31.2 Å². The van der Waals surface area contributed by atoms with E-state index in [0.29, 0.717) is 5.92 Å². The van der Waals surface area contributed by atoms with Crippen molar-refractivity contribution in [3.05, 3.63) is 107 Å². The van der Waals surface area contributed by atoms with Gasteiger partial charge in [-0.15, -0.1) is 0 Å². The van der Waals surface area contributed by atoms with Crippen LogP contribution in [0.4, 0.5) is 0 Å². The summed E-state index contributed by atoms with van der Waals surface area (Å²) in [6.45, 7) is 4.12. The molecule has 3 aromatic carbocycles. The lowest BCUT2D eigenvalue weighted by molar-refractivity contribution is 0.0848. The van der Waals surface area contributed by atoms with Crippen molar-refractivity contribution in [3.8, 4) is 0 Å². The third kappa shape index (κ3) is 6.29. The molecule has 0 aromatic heterocycles. The zero-order valence-corrected chi connectivity index (χ0v) is 18.2. The number of aliphatic hydroxyl groups is 2. The van der Waals surface area contributed by atoms with E-state index in [1.54, 1.807) is 0 Å². The Balaban J connectivity index is 0.000000171. The van der Waals surface area contributed by atoms with Crippen molar-refractivity contribution >= 4 is 0 Å². The first-order chi connectivity index (χ1) is 14.5. The van der Waals surface area contributed by atoms with E-state index >= 15 is 0 Å². The second-order valence-electron chi connectivity index (χ2n) is 8.48. The number of aryl methyl sites for hydroxylation is 2. The van der Waals surface area contributed by atoms with Crippen LogP contribution in [-0.4, -0.2) is 10.2 Å². The highest BCUT2D eigenvalue weighted by Crippen LogP contribution is 2.34. The Morgan fingerprint density at radius 3 is 1.60 bits per heavy atom. The third-order valence-corrected chi connectivity index (χ3v) is 6.02. The lowest BCUT2D eigenvalue weighted by Gasteiger charge is -2.26. The summed E-state index contributed by atoms with van der Waals surface area (Å²) in [6, 6.07) is 26.0. The minimum absolute atomic E-state index is 0.245. The molecule has 4 rings (SSSR count). The highest BCUT2D eigenvalue weighted by atomic mass is 16.3. The Morgan fingerprint density at radius 2 is 1.07 bits per heavy atom. The Hall–Kier alpha value is -2.42. The molecule has 1 aliphatic rings. The van der Waals surface area contributed by atoms with Gasteiger partial charge >= 0.3 is 0 Å². The molecule has 0 radical (unpaired) electrons. The summed E-state index contributed by atoms with van der Waals surface area (Å²) in [5, 5.41) is 20.3. The van der Waals surface area contributed by atoms with Crippen LogP contribution >= 0.6 is 0 Å². The molecule has 0 spiro atoms. The lowest BCUT2D eigenvalue weighted by atomic mass is 9.83. The van der Waals surface area contributed by atoms with Crippen LogP contribution in [0.15, 0.2) is 78.9 Å². The van der Waals surface area contributed by atoms with E-state index in [4.69, 9.17) is 0 Å². The monoisotopic (exact) mass is 402 g/mol. The Labute approximate surface area is 181 Å². The number of hydrogen-bond donors (Lipinski definition) is 2. The van der Waals surface area contributed by atoms with Crippen LogP contribution in [0, 0.1) is 19.8 Å². The highest BCUT2D eigenvalue weighted by molar-refractivity contribution is 5.31. The van der Waals surface area contributed by atoms with E-state index in [-0.39, 0.29) is 6.10 Å². The summed E-state index contributed by atoms with van der Waals surface area (Å²) in [6.07, 6.45) is 5.53. The summed E-state index contributed by atoms with van der Waals surface area (Å²) < 4.78 is 0. The van der Waals surface area contributed by atoms with Gasteiger partial charge in [-0.3, -0.25) is 0 Å². The van der Waals surface area contributed by atoms with Crippen molar-refractivity contribution in [2.45, 2.75) is 58.2 Å². The predicted molar refractivity (Wildman–Crippen MR) is 124 cm³/mol. The summed E-state index contributed by atoms with van der Waals surface area (Å²) in [4.78, 5) is 0. The Kier molecular flexibility index (Phi) is 8.24. The Bertz CT molecular complexity index is 863. The largest absolute Gasteiger partial charge is 0.388 e. The normalized spacial score (nSPS) is 16.3. The molecule has 3 aromatic rings. The fourth-order valence-electron chi connectivity index (χ4n) is 4.06. The zero-order valence-electron chi connectivity index (χ0n) is 18.2. The molecule has 2 heteroatoms. The summed E-state index contributed by atoms with van der Waals surface area (Å²) >= 11 is 0. The van der Waals surface area contributed by atoms with Crippen molar-refractivity contribution in [3.63, 3.8) is 0 Å². The predicted octanol–water partition coefficient (Wildman–Crippen LogP) is 6.69. The van der Waals surface area contributed by atoms with Gasteiger partial charge in [0.25, 0.3) is 0 Å². The minimum Gasteiger partial charge on any atom is -0.388 e. The first kappa shape index (κ1) is 22.3. The van der Waals surface area contributed by atoms with Gasteiger partial charge in [0.05, 0.1) is 6.10 Å². The van der Waals surface area contributed by atoms with Crippen LogP contribution in [0.25, 0.3) is 0 Å². The maximum absolute atomic E-state index is 10.2. The summed E-state index contributed by atoms with van der Waals surface area (Å²) in [5.74, 6) is 0.487. The van der Waals surface area contributed by atoms with Crippen molar-refractivity contribution < 1.29 is 10.2 Å². The SMILES string of the molecule is Cc1ccc(C(O)C2CCCCC2)cc1.Cc1ccc(C(O)c2ccccc2)cc1. The van der Waals surface area contributed by atoms with Gasteiger partial charge in [0.2, 0.25) is 0 Å². The van der Waals surface area contributed by atoms with Crippen molar-refractivity contribution in [1.29, 1.82) is 0 Å². The van der Waals surface area contributed by atoms with Crippen LogP contribution in [0.5, 0.6) is 0 Å². The van der Waals surface area contributed by atoms with E-state index in [0.717, 1.165) is 16.7 Å². The minimum atomic E-state index is -0.521. The number of rotatable bonds is 4. The van der Waals surface area contributed by atoms with Crippen molar-refractivity contribution in [1.82, 2.24) is 0 Å². The van der Waals surface area contributed by atoms with Gasteiger partial charge in [0.1, 0.15) is 6.10 Å². The molecule has 0 heterocycles. The fourth-order valence-corrected chi connectivity index (χ4v) is 4.06. The quantitative estimate of drug-likeness (QED) is 0.511. The molecule has 1 saturated carbocycles. The standard InChI is InChI=1S/C14H20O.C14H14O/c2*1-11-7-9-13(10-8-11)14(15)12-5-3-2-4-6-12/h7-10,12,14-15H,2-6H2,1H3;2-10,14-15H,1H3. The molecular weight excluding hydrogens is 368 g/mol. The molecule has 0 bridgehead atoms. The van der Waals surface area contributed by atoms with Crippen LogP contribution in [-0.2, 0) is 0 Å². The maximum atomic E-state index is 10.2. The topological polar surface area (TPSA) is 40.5 Å². The lowest BCUT2D eigenvalue weighted by Crippen LogP contribution is -2.15. The average molecular weight is 403 g/mol. The van der Waals surface area contributed by atoms with Crippen LogP contribution in [0.1, 0.15) is 72.1 Å². The molecule has 158 valence electrons. The molecule has 2 atom stereocenters. The second-order valence-corrected chi connectivity index (χ2v) is 8.48. The van der Waals surface area contributed by atoms with E-state index < -0.39 is 6.10 Å². The molecule has 30 heavy (non-hydrogen) atoms. The second kappa shape index (κ2) is 11.1. The van der Waals surface area contributed by atoms with Crippen molar-refractivity contribution in [2.24, 2.45) is 5.92 Å². The molecular formula is C28H34O2. The third-order valence-electron chi connectivity index (χ3n) is 6.02. The molecule has 0 aliphatic heterocycles. The Morgan fingerprint density at radius 1 is 0.600 bits per heavy atom. The van der Waals surface area contributed by atoms with Gasteiger partial charge < -0.3 is 10.2 Å². The maximum Gasteiger partial charge on any atom is 0.104 e. The van der Waals surface area contributed by atoms with E-state index in [9.17, 15) is 10.2 Å². The van der Waals surface area contributed by atoms with Gasteiger partial charge in [-0.1, -0.05) is 109 Å². The number of aliphatic hydroxyl groups excluding tert-OH is 2. The first-order valence-corrected chi connectivity index (χ1v) is 11.1. The smallest absolute Gasteiger partial charge is 0.104 e. The summed E-state index contributed by atoms with van der Waals surface area (Å²) in [5.41, 5.74) is 5.43. The number of hydrogen-bond acceptors (Lipinski definition) is 2. The molecule has 1 fully saturated rings. The molecule has 2 nitrogen and oxygen atoms in total. The molecule has 1 aliphatic carbocycles. The van der Waals surface area contributed by atoms with E-state index in [1.165, 1.54) is 43.2 Å². The van der Waals surface area contributed by atoms with Gasteiger partial charge in [-0.05, 0) is 49.3 Å². The van der Waals surface area contributed by atoms with Gasteiger partial charge in [0, 0.05) is 0 Å². The highest BCUT2D eigenvalue weighted by Gasteiger charge is 2.22. The van der Waals surface area contributed by atoms with Crippen LogP contribution < -0.4 is 0 Å². The van der Waals surface area contributed by atoms with Crippen LogP contribution in [0.2, 0.25) is 0 Å². The first-order valence-electron chi connectivity index (χ1n) is 11.1. The zero-order chi connectivity index (χ0) is 21.3. The van der Waals surface area contributed by atoms with Gasteiger partial charge in [-0.2, -0.15) is 0 Å². The average Bonchev–Trinajstić information content (AvgIpc) is 2.81. The van der Waals surface area contributed by atoms with Gasteiger partial charge in [0.15, 0.2) is 0 Å². The fraction of sp³-hybridized carbons (Fsp3) is 0.357. The molecule has 2 N–H and O–H groups in total. The number of benzene rings is 3. The van der Waals surface area contributed by atoms with E-state index in [1.807, 2.05) is 61.5 Å². The summed E-state index contributed by atoms with van der Waals surface area (Å²) in [7, 11) is 0. The molecule has 0 amide bonds. The van der Waals surface area contributed by atoms with Crippen molar-refractivity contribution in [2.75, 3.05) is 0 Å². The van der Waals surface area contributed by atoms with Crippen LogP contribution in [0.3, 0.4) is 0 Å². The molecule has 0 saturated heterocycles. The van der Waals surface area contributed by atoms with Gasteiger partial charge in [-0.25, -0.2) is 0 Å².